The molecule has 0 N–H and O–H groups in total. The van der Waals surface area contributed by atoms with Crippen molar-refractivity contribution in [2.75, 3.05) is 20.1 Å². The van der Waals surface area contributed by atoms with Gasteiger partial charge in [-0.05, 0) is 49.1 Å². The minimum Gasteiger partial charge on any atom is -0.344 e. The van der Waals surface area contributed by atoms with Crippen molar-refractivity contribution < 1.29 is 9.18 Å². The number of halogens is 1. The zero-order valence-electron chi connectivity index (χ0n) is 15.4. The van der Waals surface area contributed by atoms with E-state index in [0.29, 0.717) is 5.56 Å². The van der Waals surface area contributed by atoms with Crippen molar-refractivity contribution in [1.82, 2.24) is 9.80 Å². The van der Waals surface area contributed by atoms with Crippen LogP contribution in [0, 0.1) is 5.82 Å². The van der Waals surface area contributed by atoms with Gasteiger partial charge in [-0.3, -0.25) is 9.69 Å². The second-order valence-corrected chi connectivity index (χ2v) is 7.45. The summed E-state index contributed by atoms with van der Waals surface area (Å²) in [6, 6.07) is 15.3. The van der Waals surface area contributed by atoms with Crippen molar-refractivity contribution in [3.8, 4) is 11.1 Å². The SMILES string of the molecule is CCN1[C@@H](c2cccc(-c3ccccc3F)c2)CC[C@@]12CCN(C)C2=O. The van der Waals surface area contributed by atoms with E-state index in [1.165, 1.54) is 11.6 Å². The van der Waals surface area contributed by atoms with Crippen molar-refractivity contribution >= 4 is 5.91 Å². The monoisotopic (exact) mass is 352 g/mol. The lowest BCUT2D eigenvalue weighted by molar-refractivity contribution is -0.136. The summed E-state index contributed by atoms with van der Waals surface area (Å²) in [7, 11) is 1.90. The van der Waals surface area contributed by atoms with Crippen molar-refractivity contribution in [3.63, 3.8) is 0 Å². The molecule has 2 atom stereocenters. The number of amides is 1. The third kappa shape index (κ3) is 2.55. The number of likely N-dealkylation sites (tertiary alicyclic amines) is 2. The van der Waals surface area contributed by atoms with Crippen molar-refractivity contribution in [3.05, 3.63) is 59.9 Å². The third-order valence-corrected chi connectivity index (χ3v) is 6.16. The van der Waals surface area contributed by atoms with Gasteiger partial charge in [0.1, 0.15) is 11.4 Å². The summed E-state index contributed by atoms with van der Waals surface area (Å²) in [5, 5.41) is 0. The first-order valence-corrected chi connectivity index (χ1v) is 9.44. The predicted molar refractivity (Wildman–Crippen MR) is 101 cm³/mol. The van der Waals surface area contributed by atoms with Gasteiger partial charge in [0.2, 0.25) is 5.91 Å². The van der Waals surface area contributed by atoms with Crippen molar-refractivity contribution in [2.45, 2.75) is 37.8 Å². The number of carbonyl (C=O) groups excluding carboxylic acids is 1. The first kappa shape index (κ1) is 17.2. The van der Waals surface area contributed by atoms with Crippen molar-refractivity contribution in [2.24, 2.45) is 0 Å². The first-order valence-electron chi connectivity index (χ1n) is 9.44. The lowest BCUT2D eigenvalue weighted by atomic mass is 9.94. The van der Waals surface area contributed by atoms with Gasteiger partial charge < -0.3 is 4.90 Å². The summed E-state index contributed by atoms with van der Waals surface area (Å²) in [4.78, 5) is 17.1. The van der Waals surface area contributed by atoms with Crippen molar-refractivity contribution in [1.29, 1.82) is 0 Å². The van der Waals surface area contributed by atoms with Crippen LogP contribution in [0.15, 0.2) is 48.5 Å². The smallest absolute Gasteiger partial charge is 0.242 e. The highest BCUT2D eigenvalue weighted by molar-refractivity contribution is 5.88. The molecule has 1 spiro atoms. The first-order chi connectivity index (χ1) is 12.6. The van der Waals surface area contributed by atoms with Crippen LogP contribution in [0.1, 0.15) is 37.8 Å². The Morgan fingerprint density at radius 3 is 2.65 bits per heavy atom. The molecule has 2 saturated heterocycles. The van der Waals surface area contributed by atoms with E-state index < -0.39 is 0 Å². The Hall–Kier alpha value is -2.20. The lowest BCUT2D eigenvalue weighted by Crippen LogP contribution is -2.50. The average Bonchev–Trinajstić information content (AvgIpc) is 3.18. The average molecular weight is 352 g/mol. The van der Waals surface area contributed by atoms with E-state index in [4.69, 9.17) is 0 Å². The molecule has 26 heavy (non-hydrogen) atoms. The molecular formula is C22H25FN2O. The Kier molecular flexibility index (Phi) is 4.31. The second-order valence-electron chi connectivity index (χ2n) is 7.45. The normalized spacial score (nSPS) is 26.2. The number of hydrogen-bond donors (Lipinski definition) is 0. The van der Waals surface area contributed by atoms with Crippen LogP contribution in [-0.2, 0) is 4.79 Å². The van der Waals surface area contributed by atoms with Crippen LogP contribution in [0.3, 0.4) is 0 Å². The summed E-state index contributed by atoms with van der Waals surface area (Å²) in [6.07, 6.45) is 2.77. The fourth-order valence-corrected chi connectivity index (χ4v) is 4.87. The van der Waals surface area contributed by atoms with E-state index in [2.05, 4.69) is 24.0 Å². The van der Waals surface area contributed by atoms with Crippen LogP contribution in [0.4, 0.5) is 4.39 Å². The summed E-state index contributed by atoms with van der Waals surface area (Å²) in [6.45, 7) is 3.80. The Balaban J connectivity index is 1.69. The van der Waals surface area contributed by atoms with Crippen LogP contribution in [-0.4, -0.2) is 41.4 Å². The van der Waals surface area contributed by atoms with Crippen LogP contribution >= 0.6 is 0 Å². The fraction of sp³-hybridized carbons (Fsp3) is 0.409. The Morgan fingerprint density at radius 1 is 1.15 bits per heavy atom. The molecule has 2 aromatic rings. The summed E-state index contributed by atoms with van der Waals surface area (Å²) < 4.78 is 14.2. The maximum Gasteiger partial charge on any atom is 0.242 e. The van der Waals surface area contributed by atoms with Crippen LogP contribution in [0.2, 0.25) is 0 Å². The van der Waals surface area contributed by atoms with E-state index in [1.54, 1.807) is 6.07 Å². The molecule has 0 aliphatic carbocycles. The molecule has 136 valence electrons. The predicted octanol–water partition coefficient (Wildman–Crippen LogP) is 4.25. The minimum atomic E-state index is -0.345. The Bertz CT molecular complexity index is 836. The van der Waals surface area contributed by atoms with E-state index >= 15 is 0 Å². The van der Waals surface area contributed by atoms with Crippen LogP contribution < -0.4 is 0 Å². The van der Waals surface area contributed by atoms with Gasteiger partial charge in [0.25, 0.3) is 0 Å². The molecular weight excluding hydrogens is 327 g/mol. The molecule has 4 rings (SSSR count). The largest absolute Gasteiger partial charge is 0.344 e. The minimum absolute atomic E-state index is 0.201. The third-order valence-electron chi connectivity index (χ3n) is 6.16. The highest BCUT2D eigenvalue weighted by Gasteiger charge is 2.55. The van der Waals surface area contributed by atoms with Gasteiger partial charge in [0.05, 0.1) is 0 Å². The van der Waals surface area contributed by atoms with Gasteiger partial charge >= 0.3 is 0 Å². The highest BCUT2D eigenvalue weighted by Crippen LogP contribution is 2.47. The highest BCUT2D eigenvalue weighted by atomic mass is 19.1. The van der Waals surface area contributed by atoms with Gasteiger partial charge in [0, 0.05) is 25.2 Å². The quantitative estimate of drug-likeness (QED) is 0.824. The molecule has 0 bridgehead atoms. The molecule has 1 amide bonds. The number of likely N-dealkylation sites (N-methyl/N-ethyl adjacent to an activating group) is 2. The summed E-state index contributed by atoms with van der Waals surface area (Å²) >= 11 is 0. The number of carbonyl (C=O) groups is 1. The number of nitrogens with zero attached hydrogens (tertiary/aromatic N) is 2. The Labute approximate surface area is 154 Å². The zero-order valence-corrected chi connectivity index (χ0v) is 15.4. The lowest BCUT2D eigenvalue weighted by Gasteiger charge is -2.36. The summed E-state index contributed by atoms with van der Waals surface area (Å²) in [5.74, 6) is 0.0552. The molecule has 0 unspecified atom stereocenters. The molecule has 0 radical (unpaired) electrons. The van der Waals surface area contributed by atoms with Gasteiger partial charge in [-0.25, -0.2) is 4.39 Å². The van der Waals surface area contributed by atoms with Crippen LogP contribution in [0.5, 0.6) is 0 Å². The van der Waals surface area contributed by atoms with E-state index in [0.717, 1.165) is 37.9 Å². The summed E-state index contributed by atoms with van der Waals surface area (Å²) in [5.41, 5.74) is 2.35. The fourth-order valence-electron chi connectivity index (χ4n) is 4.87. The number of rotatable bonds is 3. The maximum absolute atomic E-state index is 14.2. The maximum atomic E-state index is 14.2. The molecule has 2 fully saturated rings. The molecule has 2 heterocycles. The standard InChI is InChI=1S/C22H25FN2O/c1-3-25-20(11-12-22(25)13-14-24(2)21(22)26)17-8-6-7-16(15-17)18-9-4-5-10-19(18)23/h4-10,15,20H,3,11-14H2,1-2H3/t20-,22+/m1/s1. The molecule has 3 nitrogen and oxygen atoms in total. The number of hydrogen-bond acceptors (Lipinski definition) is 2. The van der Waals surface area contributed by atoms with Crippen LogP contribution in [0.25, 0.3) is 11.1 Å². The second kappa shape index (κ2) is 6.51. The molecule has 2 aliphatic heterocycles. The van der Waals surface area contributed by atoms with Gasteiger partial charge in [-0.1, -0.05) is 43.3 Å². The number of benzene rings is 2. The van der Waals surface area contributed by atoms with Gasteiger partial charge in [-0.15, -0.1) is 0 Å². The molecule has 2 aliphatic rings. The molecule has 4 heteroatoms. The van der Waals surface area contributed by atoms with E-state index in [9.17, 15) is 9.18 Å². The molecule has 2 aromatic carbocycles. The zero-order chi connectivity index (χ0) is 18.3. The van der Waals surface area contributed by atoms with Gasteiger partial charge in [-0.2, -0.15) is 0 Å². The Morgan fingerprint density at radius 2 is 1.96 bits per heavy atom. The van der Waals surface area contributed by atoms with E-state index in [-0.39, 0.29) is 23.3 Å². The topological polar surface area (TPSA) is 23.6 Å². The molecule has 0 saturated carbocycles. The van der Waals surface area contributed by atoms with E-state index in [1.807, 2.05) is 36.2 Å². The molecule has 0 aromatic heterocycles. The van der Waals surface area contributed by atoms with Gasteiger partial charge in [0.15, 0.2) is 0 Å².